The van der Waals surface area contributed by atoms with Gasteiger partial charge in [0.1, 0.15) is 5.82 Å². The summed E-state index contributed by atoms with van der Waals surface area (Å²) in [4.78, 5) is 31.3. The third-order valence-corrected chi connectivity index (χ3v) is 3.18. The average Bonchev–Trinajstić information content (AvgIpc) is 2.61. The number of nitrogens with one attached hydrogen (secondary N) is 3. The van der Waals surface area contributed by atoms with Gasteiger partial charge in [-0.15, -0.1) is 0 Å². The van der Waals surface area contributed by atoms with E-state index in [0.717, 1.165) is 0 Å². The number of rotatable bonds is 5. The van der Waals surface area contributed by atoms with Crippen molar-refractivity contribution in [1.29, 1.82) is 0 Å². The minimum atomic E-state index is -0.475. The number of carbonyl (C=O) groups excluding carboxylic acids is 2. The fourth-order valence-corrected chi connectivity index (χ4v) is 2.07. The summed E-state index contributed by atoms with van der Waals surface area (Å²) in [5.74, 6) is 4.94. The van der Waals surface area contributed by atoms with Crippen LogP contribution in [0.5, 0.6) is 0 Å². The Morgan fingerprint density at radius 1 is 1.25 bits per heavy atom. The van der Waals surface area contributed by atoms with Crippen molar-refractivity contribution in [2.24, 2.45) is 5.84 Å². The van der Waals surface area contributed by atoms with E-state index in [-0.39, 0.29) is 18.2 Å². The van der Waals surface area contributed by atoms with Crippen LogP contribution in [-0.2, 0) is 6.61 Å². The molecule has 0 saturated carbocycles. The van der Waals surface area contributed by atoms with E-state index in [9.17, 15) is 14.7 Å². The lowest BCUT2D eigenvalue weighted by Gasteiger charge is -2.11. The number of aromatic nitrogens is 2. The number of hydrogen-bond donors (Lipinski definition) is 5. The number of nitrogens with two attached hydrogens (primary N) is 1. The number of hydrogen-bond acceptors (Lipinski definition) is 6. The van der Waals surface area contributed by atoms with Gasteiger partial charge in [-0.1, -0.05) is 0 Å². The molecule has 0 radical (unpaired) electrons. The van der Waals surface area contributed by atoms with E-state index in [4.69, 9.17) is 5.84 Å². The van der Waals surface area contributed by atoms with Gasteiger partial charge in [0, 0.05) is 36.3 Å². The Labute approximate surface area is 138 Å². The summed E-state index contributed by atoms with van der Waals surface area (Å²) in [7, 11) is 0. The van der Waals surface area contributed by atoms with Crippen molar-refractivity contribution in [3.8, 4) is 11.1 Å². The smallest absolute Gasteiger partial charge is 0.320 e. The maximum atomic E-state index is 11.6. The number of carbonyl (C=O) groups is 2. The van der Waals surface area contributed by atoms with Crippen LogP contribution in [0, 0.1) is 0 Å². The monoisotopic (exact) mass is 330 g/mol. The van der Waals surface area contributed by atoms with Crippen LogP contribution in [0.4, 0.5) is 10.6 Å². The van der Waals surface area contributed by atoms with Crippen LogP contribution in [0.2, 0.25) is 0 Å². The maximum absolute atomic E-state index is 11.6. The Morgan fingerprint density at radius 3 is 2.71 bits per heavy atom. The molecule has 0 unspecified atom stereocenters. The molecule has 126 valence electrons. The first-order valence-electron chi connectivity index (χ1n) is 7.20. The van der Waals surface area contributed by atoms with Crippen molar-refractivity contribution in [2.45, 2.75) is 13.5 Å². The van der Waals surface area contributed by atoms with E-state index in [1.54, 1.807) is 25.3 Å². The van der Waals surface area contributed by atoms with Gasteiger partial charge < -0.3 is 10.4 Å². The number of amides is 3. The molecule has 9 heteroatoms. The van der Waals surface area contributed by atoms with E-state index < -0.39 is 5.91 Å². The lowest BCUT2D eigenvalue weighted by atomic mass is 10.0. The molecule has 2 aromatic rings. The summed E-state index contributed by atoms with van der Waals surface area (Å²) < 4.78 is 0. The summed E-state index contributed by atoms with van der Waals surface area (Å²) in [6.07, 6.45) is 4.41. The molecule has 2 heterocycles. The summed E-state index contributed by atoms with van der Waals surface area (Å²) in [6.45, 7) is 2.01. The van der Waals surface area contributed by atoms with Gasteiger partial charge in [-0.05, 0) is 24.6 Å². The quantitative estimate of drug-likeness (QED) is 0.305. The molecule has 6 N–H and O–H groups in total. The van der Waals surface area contributed by atoms with Crippen LogP contribution in [0.1, 0.15) is 22.8 Å². The van der Waals surface area contributed by atoms with Crippen LogP contribution in [0.15, 0.2) is 30.7 Å². The fraction of sp³-hybridized carbons (Fsp3) is 0.200. The molecule has 0 atom stereocenters. The normalized spacial score (nSPS) is 10.1. The average molecular weight is 330 g/mol. The number of nitrogen functional groups attached to an aromatic ring is 1. The molecule has 3 amide bonds. The van der Waals surface area contributed by atoms with E-state index in [1.807, 2.05) is 5.43 Å². The standard InChI is InChI=1S/C15H18N6O3/c1-2-18-15(24)20-13-4-11(8-22)12(7-19-13)9-3-10(6-17-5-9)14(23)21-16/h3-7,22H,2,8,16H2,1H3,(H,21,23)(H2,18,19,20,24). The van der Waals surface area contributed by atoms with Crippen molar-refractivity contribution in [3.05, 3.63) is 41.9 Å². The van der Waals surface area contributed by atoms with E-state index in [0.29, 0.717) is 29.1 Å². The summed E-state index contributed by atoms with van der Waals surface area (Å²) in [6, 6.07) is 2.76. The molecule has 2 rings (SSSR count). The van der Waals surface area contributed by atoms with Gasteiger partial charge in [0.2, 0.25) is 0 Å². The molecular weight excluding hydrogens is 312 g/mol. The molecule has 24 heavy (non-hydrogen) atoms. The highest BCUT2D eigenvalue weighted by atomic mass is 16.3. The Bertz CT molecular complexity index is 750. The third kappa shape index (κ3) is 4.03. The van der Waals surface area contributed by atoms with Crippen molar-refractivity contribution in [2.75, 3.05) is 11.9 Å². The van der Waals surface area contributed by atoms with E-state index in [1.165, 1.54) is 12.4 Å². The van der Waals surface area contributed by atoms with Crippen molar-refractivity contribution in [3.63, 3.8) is 0 Å². The molecule has 0 saturated heterocycles. The number of anilines is 1. The minimum Gasteiger partial charge on any atom is -0.392 e. The van der Waals surface area contributed by atoms with Crippen molar-refractivity contribution < 1.29 is 14.7 Å². The van der Waals surface area contributed by atoms with Crippen molar-refractivity contribution >= 4 is 17.8 Å². The van der Waals surface area contributed by atoms with Crippen LogP contribution < -0.4 is 21.9 Å². The third-order valence-electron chi connectivity index (χ3n) is 3.18. The highest BCUT2D eigenvalue weighted by Gasteiger charge is 2.11. The Morgan fingerprint density at radius 2 is 2.04 bits per heavy atom. The zero-order chi connectivity index (χ0) is 17.5. The second-order valence-electron chi connectivity index (χ2n) is 4.81. The highest BCUT2D eigenvalue weighted by molar-refractivity contribution is 5.94. The molecule has 0 bridgehead atoms. The first kappa shape index (κ1) is 17.3. The zero-order valence-corrected chi connectivity index (χ0v) is 13.0. The minimum absolute atomic E-state index is 0.269. The van der Waals surface area contributed by atoms with Gasteiger partial charge in [-0.25, -0.2) is 15.6 Å². The largest absolute Gasteiger partial charge is 0.392 e. The second kappa shape index (κ2) is 7.99. The number of hydrazine groups is 1. The summed E-state index contributed by atoms with van der Waals surface area (Å²) in [5.41, 5.74) is 4.04. The second-order valence-corrected chi connectivity index (χ2v) is 4.81. The number of pyridine rings is 2. The van der Waals surface area contributed by atoms with Crippen molar-refractivity contribution in [1.82, 2.24) is 20.7 Å². The molecule has 0 aromatic carbocycles. The van der Waals surface area contributed by atoms with Gasteiger partial charge >= 0.3 is 6.03 Å². The number of urea groups is 1. The van der Waals surface area contributed by atoms with Crippen LogP contribution in [0.25, 0.3) is 11.1 Å². The first-order chi connectivity index (χ1) is 11.6. The van der Waals surface area contributed by atoms with Crippen LogP contribution >= 0.6 is 0 Å². The number of nitrogens with zero attached hydrogens (tertiary/aromatic N) is 2. The molecule has 0 aliphatic heterocycles. The fourth-order valence-electron chi connectivity index (χ4n) is 2.07. The molecule has 9 nitrogen and oxygen atoms in total. The predicted octanol–water partition coefficient (Wildman–Crippen LogP) is 0.381. The maximum Gasteiger partial charge on any atom is 0.320 e. The van der Waals surface area contributed by atoms with Gasteiger partial charge in [0.05, 0.1) is 12.2 Å². The molecule has 0 spiro atoms. The van der Waals surface area contributed by atoms with Crippen LogP contribution in [-0.4, -0.2) is 33.6 Å². The van der Waals surface area contributed by atoms with Gasteiger partial charge in [0.15, 0.2) is 0 Å². The number of aliphatic hydroxyl groups excluding tert-OH is 1. The number of aliphatic hydroxyl groups is 1. The summed E-state index contributed by atoms with van der Waals surface area (Å²) in [5, 5.41) is 14.7. The molecule has 0 aliphatic rings. The van der Waals surface area contributed by atoms with Crippen LogP contribution in [0.3, 0.4) is 0 Å². The van der Waals surface area contributed by atoms with E-state index in [2.05, 4.69) is 20.6 Å². The molecule has 2 aromatic heterocycles. The first-order valence-corrected chi connectivity index (χ1v) is 7.20. The Hall–Kier alpha value is -3.04. The zero-order valence-electron chi connectivity index (χ0n) is 13.0. The van der Waals surface area contributed by atoms with Gasteiger partial charge in [-0.3, -0.25) is 20.5 Å². The highest BCUT2D eigenvalue weighted by Crippen LogP contribution is 2.25. The SMILES string of the molecule is CCNC(=O)Nc1cc(CO)c(-c2cncc(C(=O)NN)c2)cn1. The van der Waals surface area contributed by atoms with Gasteiger partial charge in [-0.2, -0.15) is 0 Å². The topological polar surface area (TPSA) is 142 Å². The Balaban J connectivity index is 2.34. The molecule has 0 aliphatic carbocycles. The van der Waals surface area contributed by atoms with E-state index >= 15 is 0 Å². The summed E-state index contributed by atoms with van der Waals surface area (Å²) >= 11 is 0. The van der Waals surface area contributed by atoms with Gasteiger partial charge in [0.25, 0.3) is 5.91 Å². The Kier molecular flexibility index (Phi) is 5.77. The lowest BCUT2D eigenvalue weighted by molar-refractivity contribution is 0.0953. The lowest BCUT2D eigenvalue weighted by Crippen LogP contribution is -2.30. The molecule has 0 fully saturated rings. The predicted molar refractivity (Wildman–Crippen MR) is 87.7 cm³/mol. The molecular formula is C15H18N6O3.